The molecule has 1 aromatic carbocycles. The van der Waals surface area contributed by atoms with E-state index in [1.54, 1.807) is 0 Å². The molecule has 2 rings (SSSR count). The van der Waals surface area contributed by atoms with Crippen LogP contribution < -0.4 is 15.8 Å². The second-order valence-corrected chi connectivity index (χ2v) is 4.47. The van der Waals surface area contributed by atoms with Gasteiger partial charge in [-0.1, -0.05) is 6.07 Å². The Morgan fingerprint density at radius 3 is 3.00 bits per heavy atom. The van der Waals surface area contributed by atoms with Crippen LogP contribution in [0.15, 0.2) is 18.2 Å². The van der Waals surface area contributed by atoms with Gasteiger partial charge in [-0.25, -0.2) is 4.39 Å². The van der Waals surface area contributed by atoms with Gasteiger partial charge in [0.05, 0.1) is 24.3 Å². The average molecular weight is 266 g/mol. The fraction of sp³-hybridized carbons (Fsp3) is 0.385. The highest BCUT2D eigenvalue weighted by molar-refractivity contribution is 6.04. The van der Waals surface area contributed by atoms with Gasteiger partial charge in [-0.05, 0) is 19.1 Å². The number of carbonyl (C=O) groups is 2. The minimum absolute atomic E-state index is 0.0509. The number of nitrogens with two attached hydrogens (primary N) is 1. The maximum Gasteiger partial charge on any atom is 0.237 e. The molecular formula is C13H15FN2O3. The molecule has 1 heterocycles. The monoisotopic (exact) mass is 266 g/mol. The van der Waals surface area contributed by atoms with Gasteiger partial charge in [0, 0.05) is 6.42 Å². The minimum atomic E-state index is -0.735. The smallest absolute Gasteiger partial charge is 0.237 e. The number of nitrogens with one attached hydrogen (secondary N) is 1. The van der Waals surface area contributed by atoms with Gasteiger partial charge in [-0.2, -0.15) is 0 Å². The molecule has 0 aromatic heterocycles. The van der Waals surface area contributed by atoms with Crippen LogP contribution in [0.4, 0.5) is 4.39 Å². The standard InChI is InChI=1S/C13H15FN2O3/c1-7(15)13(18)16-10-5-6-19-12-8(11(10)17)3-2-4-9(12)14/h2-4,7,10H,5-6,15H2,1H3,(H,16,18). The van der Waals surface area contributed by atoms with Gasteiger partial charge in [0.1, 0.15) is 0 Å². The Hall–Kier alpha value is -1.95. The van der Waals surface area contributed by atoms with E-state index in [1.807, 2.05) is 0 Å². The first-order valence-electron chi connectivity index (χ1n) is 6.02. The Morgan fingerprint density at radius 1 is 1.58 bits per heavy atom. The van der Waals surface area contributed by atoms with Gasteiger partial charge >= 0.3 is 0 Å². The summed E-state index contributed by atoms with van der Waals surface area (Å²) in [5, 5.41) is 2.55. The Balaban J connectivity index is 2.26. The second kappa shape index (κ2) is 5.36. The number of amides is 1. The Kier molecular flexibility index (Phi) is 3.80. The van der Waals surface area contributed by atoms with Crippen LogP contribution >= 0.6 is 0 Å². The Morgan fingerprint density at radius 2 is 2.32 bits per heavy atom. The number of hydrogen-bond donors (Lipinski definition) is 2. The average Bonchev–Trinajstić information content (AvgIpc) is 2.52. The van der Waals surface area contributed by atoms with Gasteiger partial charge in [0.25, 0.3) is 0 Å². The first kappa shape index (κ1) is 13.5. The van der Waals surface area contributed by atoms with Crippen molar-refractivity contribution in [2.45, 2.75) is 25.4 Å². The van der Waals surface area contributed by atoms with Crippen molar-refractivity contribution < 1.29 is 18.7 Å². The highest BCUT2D eigenvalue weighted by Gasteiger charge is 2.29. The molecule has 102 valence electrons. The van der Waals surface area contributed by atoms with Crippen molar-refractivity contribution in [3.05, 3.63) is 29.6 Å². The lowest BCUT2D eigenvalue weighted by Crippen LogP contribution is -2.47. The number of rotatable bonds is 2. The van der Waals surface area contributed by atoms with Crippen molar-refractivity contribution in [1.82, 2.24) is 5.32 Å². The van der Waals surface area contributed by atoms with E-state index in [0.29, 0.717) is 0 Å². The summed E-state index contributed by atoms with van der Waals surface area (Å²) in [6.45, 7) is 1.68. The molecule has 1 aliphatic heterocycles. The summed E-state index contributed by atoms with van der Waals surface area (Å²) < 4.78 is 18.8. The number of Topliss-reactive ketones (excluding diaryl/α,β-unsaturated/α-hetero) is 1. The zero-order valence-electron chi connectivity index (χ0n) is 10.5. The zero-order chi connectivity index (χ0) is 14.0. The highest BCUT2D eigenvalue weighted by Crippen LogP contribution is 2.27. The molecule has 2 atom stereocenters. The lowest BCUT2D eigenvalue weighted by molar-refractivity contribution is -0.122. The van der Waals surface area contributed by atoms with Crippen molar-refractivity contribution in [2.75, 3.05) is 6.61 Å². The van der Waals surface area contributed by atoms with E-state index >= 15 is 0 Å². The third-order valence-corrected chi connectivity index (χ3v) is 2.93. The molecule has 1 aliphatic rings. The number of halogens is 1. The van der Waals surface area contributed by atoms with E-state index < -0.39 is 23.8 Å². The number of ketones is 1. The van der Waals surface area contributed by atoms with Crippen molar-refractivity contribution in [2.24, 2.45) is 5.73 Å². The van der Waals surface area contributed by atoms with Gasteiger partial charge in [0.2, 0.25) is 5.91 Å². The molecule has 6 heteroatoms. The maximum atomic E-state index is 13.6. The van der Waals surface area contributed by atoms with Crippen molar-refractivity contribution in [3.8, 4) is 5.75 Å². The molecule has 0 radical (unpaired) electrons. The highest BCUT2D eigenvalue weighted by atomic mass is 19.1. The normalized spacial score (nSPS) is 19.9. The molecule has 0 fully saturated rings. The van der Waals surface area contributed by atoms with Crippen molar-refractivity contribution >= 4 is 11.7 Å². The van der Waals surface area contributed by atoms with Crippen LogP contribution in [0.1, 0.15) is 23.7 Å². The fourth-order valence-corrected chi connectivity index (χ4v) is 1.89. The topological polar surface area (TPSA) is 81.4 Å². The Labute approximate surface area is 109 Å². The molecule has 2 unspecified atom stereocenters. The number of carbonyl (C=O) groups excluding carboxylic acids is 2. The third kappa shape index (κ3) is 2.73. The molecule has 0 spiro atoms. The summed E-state index contributed by atoms with van der Waals surface area (Å²) in [6, 6.07) is 2.71. The van der Waals surface area contributed by atoms with E-state index in [9.17, 15) is 14.0 Å². The fourth-order valence-electron chi connectivity index (χ4n) is 1.89. The van der Waals surface area contributed by atoms with Gasteiger partial charge in [-0.3, -0.25) is 9.59 Å². The first-order chi connectivity index (χ1) is 9.00. The Bertz CT molecular complexity index is 517. The van der Waals surface area contributed by atoms with E-state index in [0.717, 1.165) is 0 Å². The van der Waals surface area contributed by atoms with Crippen LogP contribution in [0.25, 0.3) is 0 Å². The lowest BCUT2D eigenvalue weighted by Gasteiger charge is -2.16. The molecule has 0 saturated carbocycles. The van der Waals surface area contributed by atoms with E-state index in [2.05, 4.69) is 5.32 Å². The number of para-hydroxylation sites is 1. The summed E-state index contributed by atoms with van der Waals surface area (Å²) in [7, 11) is 0. The van der Waals surface area contributed by atoms with Crippen LogP contribution in [-0.2, 0) is 4.79 Å². The van der Waals surface area contributed by atoms with Crippen LogP contribution in [0, 0.1) is 5.82 Å². The first-order valence-corrected chi connectivity index (χ1v) is 6.02. The van der Waals surface area contributed by atoms with E-state index in [4.69, 9.17) is 10.5 Å². The van der Waals surface area contributed by atoms with E-state index in [-0.39, 0.29) is 30.1 Å². The predicted molar refractivity (Wildman–Crippen MR) is 66.4 cm³/mol. The largest absolute Gasteiger partial charge is 0.490 e. The quantitative estimate of drug-likeness (QED) is 0.822. The second-order valence-electron chi connectivity index (χ2n) is 4.47. The molecule has 1 aromatic rings. The number of benzene rings is 1. The zero-order valence-corrected chi connectivity index (χ0v) is 10.5. The summed E-state index contributed by atoms with van der Waals surface area (Å²) >= 11 is 0. The van der Waals surface area contributed by atoms with Gasteiger partial charge in [-0.15, -0.1) is 0 Å². The molecule has 3 N–H and O–H groups in total. The summed E-state index contributed by atoms with van der Waals surface area (Å²) in [5.74, 6) is -1.41. The molecular weight excluding hydrogens is 251 g/mol. The molecule has 1 amide bonds. The lowest BCUT2D eigenvalue weighted by atomic mass is 10.0. The molecule has 19 heavy (non-hydrogen) atoms. The van der Waals surface area contributed by atoms with Crippen LogP contribution in [0.2, 0.25) is 0 Å². The minimum Gasteiger partial charge on any atom is -0.490 e. The van der Waals surface area contributed by atoms with Gasteiger partial charge < -0.3 is 15.8 Å². The molecule has 0 saturated heterocycles. The molecule has 0 bridgehead atoms. The van der Waals surface area contributed by atoms with E-state index in [1.165, 1.54) is 25.1 Å². The SMILES string of the molecule is CC(N)C(=O)NC1CCOc2c(F)cccc2C1=O. The van der Waals surface area contributed by atoms with Gasteiger partial charge in [0.15, 0.2) is 17.3 Å². The molecule has 0 aliphatic carbocycles. The number of ether oxygens (including phenoxy) is 1. The van der Waals surface area contributed by atoms with Crippen molar-refractivity contribution in [3.63, 3.8) is 0 Å². The predicted octanol–water partition coefficient (Wildman–Crippen LogP) is 0.623. The summed E-state index contributed by atoms with van der Waals surface area (Å²) in [5.41, 5.74) is 5.59. The molecule has 5 nitrogen and oxygen atoms in total. The number of fused-ring (bicyclic) bond motifs is 1. The summed E-state index contributed by atoms with van der Waals surface area (Å²) in [6.07, 6.45) is 0.283. The van der Waals surface area contributed by atoms with Crippen LogP contribution in [0.3, 0.4) is 0 Å². The van der Waals surface area contributed by atoms with Crippen LogP contribution in [0.5, 0.6) is 5.75 Å². The summed E-state index contributed by atoms with van der Waals surface area (Å²) in [4.78, 5) is 23.8. The van der Waals surface area contributed by atoms with Crippen molar-refractivity contribution in [1.29, 1.82) is 0 Å². The maximum absolute atomic E-state index is 13.6. The van der Waals surface area contributed by atoms with Crippen LogP contribution in [-0.4, -0.2) is 30.4 Å². The third-order valence-electron chi connectivity index (χ3n) is 2.93. The number of hydrogen-bond acceptors (Lipinski definition) is 4.